The molecule has 2 unspecified atom stereocenters. The van der Waals surface area contributed by atoms with Crippen molar-refractivity contribution < 1.29 is 18.0 Å². The Balaban J connectivity index is 0.00000225. The SMILES string of the molecule is Cl.O=C1CN(S(=O)(=O)c2ccc(C(=O)NC3CC4CCC(C3)N4)cc2)CCN1. The fourth-order valence-corrected chi connectivity index (χ4v) is 5.59. The topological polar surface area (TPSA) is 108 Å². The number of halogens is 1. The van der Waals surface area contributed by atoms with Gasteiger partial charge in [-0.15, -0.1) is 12.4 Å². The van der Waals surface area contributed by atoms with Gasteiger partial charge in [0.05, 0.1) is 11.4 Å². The molecule has 0 aromatic heterocycles. The van der Waals surface area contributed by atoms with Crippen LogP contribution in [0.1, 0.15) is 36.0 Å². The number of piperazine rings is 1. The molecule has 2 amide bonds. The normalized spacial score (nSPS) is 27.6. The van der Waals surface area contributed by atoms with Crippen molar-refractivity contribution in [2.24, 2.45) is 0 Å². The van der Waals surface area contributed by atoms with Crippen molar-refractivity contribution >= 4 is 34.2 Å². The molecule has 154 valence electrons. The van der Waals surface area contributed by atoms with Crippen molar-refractivity contribution in [1.82, 2.24) is 20.3 Å². The Labute approximate surface area is 170 Å². The first-order valence-electron chi connectivity index (χ1n) is 9.35. The van der Waals surface area contributed by atoms with E-state index in [-0.39, 0.29) is 48.2 Å². The summed E-state index contributed by atoms with van der Waals surface area (Å²) in [6.07, 6.45) is 4.20. The lowest BCUT2D eigenvalue weighted by Crippen LogP contribution is -2.49. The monoisotopic (exact) mass is 428 g/mol. The molecule has 4 rings (SSSR count). The Hall–Kier alpha value is -1.68. The number of amides is 2. The molecule has 3 aliphatic rings. The van der Waals surface area contributed by atoms with Gasteiger partial charge in [-0.2, -0.15) is 4.31 Å². The summed E-state index contributed by atoms with van der Waals surface area (Å²) in [5.74, 6) is -0.487. The third kappa shape index (κ3) is 4.32. The average molecular weight is 429 g/mol. The Kier molecular flexibility index (Phi) is 6.28. The van der Waals surface area contributed by atoms with E-state index in [1.807, 2.05) is 0 Å². The Morgan fingerprint density at radius 1 is 1.11 bits per heavy atom. The van der Waals surface area contributed by atoms with Crippen LogP contribution in [0.3, 0.4) is 0 Å². The van der Waals surface area contributed by atoms with Gasteiger partial charge in [0.1, 0.15) is 0 Å². The Bertz CT molecular complexity index is 834. The number of nitrogens with zero attached hydrogens (tertiary/aromatic N) is 1. The minimum Gasteiger partial charge on any atom is -0.354 e. The van der Waals surface area contributed by atoms with Crippen LogP contribution in [-0.2, 0) is 14.8 Å². The van der Waals surface area contributed by atoms with E-state index in [9.17, 15) is 18.0 Å². The lowest BCUT2D eigenvalue weighted by atomic mass is 9.99. The fourth-order valence-electron chi connectivity index (χ4n) is 4.19. The van der Waals surface area contributed by atoms with Gasteiger partial charge < -0.3 is 16.0 Å². The molecule has 10 heteroatoms. The summed E-state index contributed by atoms with van der Waals surface area (Å²) in [4.78, 5) is 24.1. The van der Waals surface area contributed by atoms with E-state index in [0.29, 0.717) is 24.2 Å². The minimum absolute atomic E-state index is 0. The van der Waals surface area contributed by atoms with E-state index in [1.165, 1.54) is 24.3 Å². The van der Waals surface area contributed by atoms with Crippen LogP contribution >= 0.6 is 12.4 Å². The van der Waals surface area contributed by atoms with Gasteiger partial charge >= 0.3 is 0 Å². The molecule has 3 N–H and O–H groups in total. The fraction of sp³-hybridized carbons (Fsp3) is 0.556. The Morgan fingerprint density at radius 2 is 1.75 bits per heavy atom. The van der Waals surface area contributed by atoms with Crippen molar-refractivity contribution in [2.75, 3.05) is 19.6 Å². The molecule has 2 atom stereocenters. The first-order chi connectivity index (χ1) is 12.9. The Morgan fingerprint density at radius 3 is 2.36 bits per heavy atom. The maximum atomic E-state index is 12.6. The number of sulfonamides is 1. The highest BCUT2D eigenvalue weighted by molar-refractivity contribution is 7.89. The number of rotatable bonds is 4. The van der Waals surface area contributed by atoms with E-state index in [4.69, 9.17) is 0 Å². The molecule has 2 bridgehead atoms. The molecular weight excluding hydrogens is 404 g/mol. The van der Waals surface area contributed by atoms with Crippen LogP contribution in [-0.4, -0.2) is 62.3 Å². The molecule has 1 aromatic rings. The third-order valence-electron chi connectivity index (χ3n) is 5.57. The number of fused-ring (bicyclic) bond motifs is 2. The first-order valence-corrected chi connectivity index (χ1v) is 10.8. The van der Waals surface area contributed by atoms with Crippen molar-refractivity contribution in [3.8, 4) is 0 Å². The summed E-state index contributed by atoms with van der Waals surface area (Å²) in [5.41, 5.74) is 0.441. The summed E-state index contributed by atoms with van der Waals surface area (Å²) in [6.45, 7) is 0.369. The zero-order chi connectivity index (χ0) is 19.0. The van der Waals surface area contributed by atoms with Gasteiger partial charge in [-0.1, -0.05) is 0 Å². The van der Waals surface area contributed by atoms with Crippen LogP contribution in [0.2, 0.25) is 0 Å². The molecule has 3 aliphatic heterocycles. The summed E-state index contributed by atoms with van der Waals surface area (Å²) in [5, 5.41) is 9.22. The summed E-state index contributed by atoms with van der Waals surface area (Å²) in [7, 11) is -3.74. The van der Waals surface area contributed by atoms with E-state index < -0.39 is 10.0 Å². The third-order valence-corrected chi connectivity index (χ3v) is 7.43. The van der Waals surface area contributed by atoms with Crippen LogP contribution in [0.5, 0.6) is 0 Å². The molecule has 3 saturated heterocycles. The number of piperidine rings is 1. The molecular formula is C18H25ClN4O4S. The van der Waals surface area contributed by atoms with Crippen LogP contribution in [0.15, 0.2) is 29.2 Å². The summed E-state index contributed by atoms with van der Waals surface area (Å²) >= 11 is 0. The highest BCUT2D eigenvalue weighted by Crippen LogP contribution is 2.27. The maximum absolute atomic E-state index is 12.6. The second kappa shape index (κ2) is 8.36. The van der Waals surface area contributed by atoms with E-state index in [0.717, 1.165) is 30.0 Å². The minimum atomic E-state index is -3.74. The molecule has 0 radical (unpaired) electrons. The lowest BCUT2D eigenvalue weighted by Gasteiger charge is -2.29. The molecule has 3 heterocycles. The average Bonchev–Trinajstić information content (AvgIpc) is 3.00. The molecule has 3 fully saturated rings. The number of benzene rings is 1. The predicted octanol–water partition coefficient (Wildman–Crippen LogP) is 0.242. The molecule has 0 aliphatic carbocycles. The van der Waals surface area contributed by atoms with Crippen LogP contribution in [0.25, 0.3) is 0 Å². The lowest BCUT2D eigenvalue weighted by molar-refractivity contribution is -0.122. The van der Waals surface area contributed by atoms with Crippen LogP contribution in [0, 0.1) is 0 Å². The quantitative estimate of drug-likeness (QED) is 0.636. The summed E-state index contributed by atoms with van der Waals surface area (Å²) in [6, 6.07) is 7.06. The van der Waals surface area contributed by atoms with Crippen molar-refractivity contribution in [2.45, 2.75) is 48.7 Å². The highest BCUT2D eigenvalue weighted by atomic mass is 35.5. The van der Waals surface area contributed by atoms with Crippen LogP contribution in [0.4, 0.5) is 0 Å². The standard InChI is InChI=1S/C18H24N4O4S.ClH/c23-17-11-22(8-7-19-17)27(25,26)16-5-1-12(2-6-16)18(24)21-15-9-13-3-4-14(10-15)20-13;/h1-2,5-6,13-15,20H,3-4,7-11H2,(H,19,23)(H,21,24);1H. The van der Waals surface area contributed by atoms with E-state index in [1.54, 1.807) is 0 Å². The number of carbonyl (C=O) groups excluding carboxylic acids is 2. The zero-order valence-electron chi connectivity index (χ0n) is 15.4. The van der Waals surface area contributed by atoms with Crippen molar-refractivity contribution in [3.05, 3.63) is 29.8 Å². The first kappa shape index (κ1) is 21.0. The van der Waals surface area contributed by atoms with E-state index >= 15 is 0 Å². The maximum Gasteiger partial charge on any atom is 0.251 e. The van der Waals surface area contributed by atoms with E-state index in [2.05, 4.69) is 16.0 Å². The molecule has 1 aromatic carbocycles. The van der Waals surface area contributed by atoms with Gasteiger partial charge in [-0.3, -0.25) is 9.59 Å². The number of nitrogens with one attached hydrogen (secondary N) is 3. The molecule has 28 heavy (non-hydrogen) atoms. The van der Waals surface area contributed by atoms with Gasteiger partial charge in [0.15, 0.2) is 0 Å². The summed E-state index contributed by atoms with van der Waals surface area (Å²) < 4.78 is 26.5. The molecule has 8 nitrogen and oxygen atoms in total. The van der Waals surface area contributed by atoms with Gasteiger partial charge in [0, 0.05) is 36.8 Å². The largest absolute Gasteiger partial charge is 0.354 e. The van der Waals surface area contributed by atoms with Gasteiger partial charge in [-0.25, -0.2) is 8.42 Å². The zero-order valence-corrected chi connectivity index (χ0v) is 17.0. The number of hydrogen-bond donors (Lipinski definition) is 3. The number of hydrogen-bond acceptors (Lipinski definition) is 5. The van der Waals surface area contributed by atoms with Crippen molar-refractivity contribution in [1.29, 1.82) is 0 Å². The van der Waals surface area contributed by atoms with Gasteiger partial charge in [0.2, 0.25) is 15.9 Å². The van der Waals surface area contributed by atoms with Gasteiger partial charge in [0.25, 0.3) is 5.91 Å². The van der Waals surface area contributed by atoms with Crippen molar-refractivity contribution in [3.63, 3.8) is 0 Å². The number of carbonyl (C=O) groups is 2. The second-order valence-electron chi connectivity index (χ2n) is 7.49. The molecule has 0 spiro atoms. The van der Waals surface area contributed by atoms with Crippen LogP contribution < -0.4 is 16.0 Å². The highest BCUT2D eigenvalue weighted by Gasteiger charge is 2.34. The predicted molar refractivity (Wildman–Crippen MR) is 106 cm³/mol. The smallest absolute Gasteiger partial charge is 0.251 e. The molecule has 0 saturated carbocycles. The van der Waals surface area contributed by atoms with Gasteiger partial charge in [-0.05, 0) is 49.9 Å². The second-order valence-corrected chi connectivity index (χ2v) is 9.43.